The van der Waals surface area contributed by atoms with E-state index in [0.29, 0.717) is 40.4 Å². The number of hydrogen-bond donors (Lipinski definition) is 2. The number of para-hydroxylation sites is 2. The van der Waals surface area contributed by atoms with Crippen molar-refractivity contribution in [3.8, 4) is 17.2 Å². The lowest BCUT2D eigenvalue weighted by Gasteiger charge is -2.31. The number of carbonyl (C=O) groups is 2. The van der Waals surface area contributed by atoms with Crippen LogP contribution in [-0.4, -0.2) is 49.6 Å². The number of ether oxygens (including phenoxy) is 4. The van der Waals surface area contributed by atoms with Crippen LogP contribution in [0.5, 0.6) is 17.2 Å². The number of esters is 1. The van der Waals surface area contributed by atoms with E-state index < -0.39 is 12.0 Å². The molecule has 35 heavy (non-hydrogen) atoms. The van der Waals surface area contributed by atoms with Crippen molar-refractivity contribution in [3.05, 3.63) is 48.0 Å². The molecule has 10 heteroatoms. The quantitative estimate of drug-likeness (QED) is 0.377. The first kappa shape index (κ1) is 26.0. The van der Waals surface area contributed by atoms with Gasteiger partial charge in [0.05, 0.1) is 32.1 Å². The van der Waals surface area contributed by atoms with E-state index in [2.05, 4.69) is 15.6 Å². The maximum atomic E-state index is 12.7. The fourth-order valence-corrected chi connectivity index (χ4v) is 3.99. The van der Waals surface area contributed by atoms with Gasteiger partial charge in [-0.2, -0.15) is 0 Å². The largest absolute Gasteiger partial charge is 0.495 e. The summed E-state index contributed by atoms with van der Waals surface area (Å²) in [5.74, 6) is -0.00924. The highest BCUT2D eigenvalue weighted by Crippen LogP contribution is 2.35. The van der Waals surface area contributed by atoms with E-state index in [4.69, 9.17) is 31.2 Å². The summed E-state index contributed by atoms with van der Waals surface area (Å²) in [5, 5.41) is 6.16. The van der Waals surface area contributed by atoms with E-state index in [1.54, 1.807) is 50.2 Å². The minimum atomic E-state index is -0.644. The lowest BCUT2D eigenvalue weighted by Crippen LogP contribution is -2.44. The Kier molecular flexibility index (Phi) is 9.02. The van der Waals surface area contributed by atoms with Crippen LogP contribution in [0.4, 0.5) is 5.69 Å². The Labute approximate surface area is 209 Å². The number of nitrogens with one attached hydrogen (secondary N) is 2. The molecule has 0 saturated heterocycles. The Balaban J connectivity index is 1.79. The zero-order chi connectivity index (χ0) is 25.4. The van der Waals surface area contributed by atoms with Gasteiger partial charge in [-0.1, -0.05) is 18.2 Å². The molecule has 0 radical (unpaired) electrons. The first-order chi connectivity index (χ1) is 16.9. The molecule has 2 N–H and O–H groups in total. The molecule has 2 atom stereocenters. The topological polar surface area (TPSA) is 107 Å². The summed E-state index contributed by atoms with van der Waals surface area (Å²) in [6.07, 6.45) is 0. The minimum absolute atomic E-state index is 0.236. The smallest absolute Gasteiger partial charge is 0.317 e. The standard InChI is InChI=1S/C25H29N3O6S/c1-5-32-20-13-16(23-22(24(30)33-6-2)15(3)26-25(35)28-23)11-12-19(20)34-14-21(29)27-17-9-7-8-10-18(17)31-4/h7-13,22-23H,5-6,14H2,1-4H3,(H,27,29)(H,28,35). The molecule has 0 aliphatic carbocycles. The highest BCUT2D eigenvalue weighted by atomic mass is 32.1. The molecule has 0 spiro atoms. The minimum Gasteiger partial charge on any atom is -0.495 e. The van der Waals surface area contributed by atoms with Crippen molar-refractivity contribution in [2.24, 2.45) is 10.9 Å². The monoisotopic (exact) mass is 499 g/mol. The number of carbonyl (C=O) groups excluding carboxylic acids is 2. The zero-order valence-electron chi connectivity index (χ0n) is 20.1. The number of amides is 1. The number of anilines is 1. The van der Waals surface area contributed by atoms with Gasteiger partial charge in [-0.25, -0.2) is 4.99 Å². The third-order valence-electron chi connectivity index (χ3n) is 5.25. The van der Waals surface area contributed by atoms with E-state index >= 15 is 0 Å². The summed E-state index contributed by atoms with van der Waals surface area (Å²) in [7, 11) is 1.53. The molecule has 0 aromatic heterocycles. The molecule has 1 aliphatic rings. The van der Waals surface area contributed by atoms with E-state index in [0.717, 1.165) is 5.56 Å². The maximum Gasteiger partial charge on any atom is 0.317 e. The number of methoxy groups -OCH3 is 1. The van der Waals surface area contributed by atoms with Crippen LogP contribution in [-0.2, 0) is 14.3 Å². The van der Waals surface area contributed by atoms with Crippen LogP contribution >= 0.6 is 12.2 Å². The summed E-state index contributed by atoms with van der Waals surface area (Å²) in [4.78, 5) is 29.4. The molecule has 0 bridgehead atoms. The van der Waals surface area contributed by atoms with Crippen LogP contribution in [0.25, 0.3) is 0 Å². The zero-order valence-corrected chi connectivity index (χ0v) is 20.9. The van der Waals surface area contributed by atoms with Gasteiger partial charge in [0.25, 0.3) is 5.91 Å². The van der Waals surface area contributed by atoms with Gasteiger partial charge >= 0.3 is 5.97 Å². The maximum absolute atomic E-state index is 12.7. The highest BCUT2D eigenvalue weighted by molar-refractivity contribution is 7.80. The van der Waals surface area contributed by atoms with Crippen LogP contribution in [0.3, 0.4) is 0 Å². The van der Waals surface area contributed by atoms with Gasteiger partial charge in [-0.05, 0) is 62.8 Å². The van der Waals surface area contributed by atoms with Crippen molar-refractivity contribution in [3.63, 3.8) is 0 Å². The number of nitrogens with zero attached hydrogens (tertiary/aromatic N) is 1. The predicted octanol–water partition coefficient (Wildman–Crippen LogP) is 3.68. The molecule has 0 fully saturated rings. The summed E-state index contributed by atoms with van der Waals surface area (Å²) in [5.41, 5.74) is 1.86. The van der Waals surface area contributed by atoms with Crippen molar-refractivity contribution < 1.29 is 28.5 Å². The summed E-state index contributed by atoms with van der Waals surface area (Å²) >= 11 is 5.26. The van der Waals surface area contributed by atoms with Gasteiger partial charge in [-0.3, -0.25) is 9.59 Å². The number of aliphatic imine (C=N–C) groups is 1. The van der Waals surface area contributed by atoms with Gasteiger partial charge in [0.1, 0.15) is 11.7 Å². The molecular weight excluding hydrogens is 470 g/mol. The van der Waals surface area contributed by atoms with E-state index in [1.165, 1.54) is 7.11 Å². The van der Waals surface area contributed by atoms with Gasteiger partial charge < -0.3 is 29.6 Å². The number of rotatable bonds is 10. The Hall–Kier alpha value is -3.66. The summed E-state index contributed by atoms with van der Waals surface area (Å²) in [6, 6.07) is 11.9. The van der Waals surface area contributed by atoms with Crippen LogP contribution in [0.2, 0.25) is 0 Å². The summed E-state index contributed by atoms with van der Waals surface area (Å²) in [6.45, 7) is 5.75. The average molecular weight is 500 g/mol. The third-order valence-corrected chi connectivity index (χ3v) is 5.46. The highest BCUT2D eigenvalue weighted by Gasteiger charge is 2.37. The lowest BCUT2D eigenvalue weighted by atomic mass is 9.88. The second-order valence-corrected chi connectivity index (χ2v) is 7.97. The average Bonchev–Trinajstić information content (AvgIpc) is 2.83. The molecule has 2 unspecified atom stereocenters. The number of benzene rings is 2. The normalized spacial score (nSPS) is 17.0. The third kappa shape index (κ3) is 6.48. The molecule has 1 aliphatic heterocycles. The first-order valence-corrected chi connectivity index (χ1v) is 11.6. The fraction of sp³-hybridized carbons (Fsp3) is 0.360. The van der Waals surface area contributed by atoms with Crippen LogP contribution < -0.4 is 24.8 Å². The molecular formula is C25H29N3O6S. The second kappa shape index (κ2) is 12.2. The lowest BCUT2D eigenvalue weighted by molar-refractivity contribution is -0.146. The molecule has 2 aromatic carbocycles. The van der Waals surface area contributed by atoms with Crippen LogP contribution in [0, 0.1) is 5.92 Å². The Morgan fingerprint density at radius 3 is 2.54 bits per heavy atom. The van der Waals surface area contributed by atoms with Gasteiger partial charge in [0.15, 0.2) is 23.2 Å². The molecule has 1 heterocycles. The Morgan fingerprint density at radius 2 is 1.83 bits per heavy atom. The van der Waals surface area contributed by atoms with Crippen LogP contribution in [0.15, 0.2) is 47.5 Å². The van der Waals surface area contributed by atoms with Crippen molar-refractivity contribution >= 4 is 40.6 Å². The van der Waals surface area contributed by atoms with Gasteiger partial charge in [-0.15, -0.1) is 0 Å². The molecule has 0 saturated carbocycles. The van der Waals surface area contributed by atoms with E-state index in [1.807, 2.05) is 13.0 Å². The number of thiocarbonyl (C=S) groups is 1. The molecule has 3 rings (SSSR count). The first-order valence-electron chi connectivity index (χ1n) is 11.2. The fourth-order valence-electron chi connectivity index (χ4n) is 3.72. The van der Waals surface area contributed by atoms with E-state index in [9.17, 15) is 9.59 Å². The molecule has 186 valence electrons. The van der Waals surface area contributed by atoms with E-state index in [-0.39, 0.29) is 25.1 Å². The molecule has 2 aromatic rings. The SMILES string of the molecule is CCOC(=O)C1C(C)=NC(=S)NC1c1ccc(OCC(=O)Nc2ccccc2OC)c(OCC)c1. The Bertz CT molecular complexity index is 1120. The second-order valence-electron chi connectivity index (χ2n) is 7.59. The van der Waals surface area contributed by atoms with Crippen molar-refractivity contribution in [1.82, 2.24) is 5.32 Å². The molecule has 1 amide bonds. The van der Waals surface area contributed by atoms with Gasteiger partial charge in [0.2, 0.25) is 0 Å². The predicted molar refractivity (Wildman–Crippen MR) is 136 cm³/mol. The van der Waals surface area contributed by atoms with Crippen molar-refractivity contribution in [2.45, 2.75) is 26.8 Å². The van der Waals surface area contributed by atoms with Crippen molar-refractivity contribution in [1.29, 1.82) is 0 Å². The Morgan fingerprint density at radius 1 is 1.06 bits per heavy atom. The molecule has 9 nitrogen and oxygen atoms in total. The van der Waals surface area contributed by atoms with Crippen LogP contribution in [0.1, 0.15) is 32.4 Å². The summed E-state index contributed by atoms with van der Waals surface area (Å²) < 4.78 is 22.0. The van der Waals surface area contributed by atoms with Crippen molar-refractivity contribution in [2.75, 3.05) is 32.2 Å². The number of hydrogen-bond acceptors (Lipinski definition) is 7. The van der Waals surface area contributed by atoms with Gasteiger partial charge in [0, 0.05) is 5.71 Å².